The molecule has 3 unspecified atom stereocenters. The predicted molar refractivity (Wildman–Crippen MR) is 201 cm³/mol. The van der Waals surface area contributed by atoms with Gasteiger partial charge in [0.05, 0.1) is 28.5 Å². The van der Waals surface area contributed by atoms with Crippen molar-refractivity contribution < 1.29 is 27.9 Å². The van der Waals surface area contributed by atoms with Crippen LogP contribution in [0.25, 0.3) is 10.9 Å². The number of aromatic nitrogens is 2. The van der Waals surface area contributed by atoms with Crippen LogP contribution in [0.15, 0.2) is 60.9 Å². The highest BCUT2D eigenvalue weighted by atomic mass is 32.2. The number of hydrogen-bond acceptors (Lipinski definition) is 9. The third kappa shape index (κ3) is 9.53. The van der Waals surface area contributed by atoms with E-state index in [1.807, 2.05) is 51.1 Å². The van der Waals surface area contributed by atoms with E-state index in [2.05, 4.69) is 30.8 Å². The summed E-state index contributed by atoms with van der Waals surface area (Å²) in [5.41, 5.74) is 0.939. The first kappa shape index (κ1) is 39.3. The number of hydrogen-bond donors (Lipinski definition) is 4. The van der Waals surface area contributed by atoms with Crippen molar-refractivity contribution in [3.63, 3.8) is 0 Å². The van der Waals surface area contributed by atoms with Gasteiger partial charge in [-0.2, -0.15) is 0 Å². The van der Waals surface area contributed by atoms with Crippen LogP contribution in [0.5, 0.6) is 0 Å². The number of nitrogens with zero attached hydrogens (tertiary/aromatic N) is 3. The second-order valence-electron chi connectivity index (χ2n) is 16.2. The van der Waals surface area contributed by atoms with Crippen LogP contribution in [0, 0.1) is 11.8 Å². The lowest BCUT2D eigenvalue weighted by Crippen LogP contribution is -2.64. The van der Waals surface area contributed by atoms with Crippen molar-refractivity contribution in [2.24, 2.45) is 11.8 Å². The van der Waals surface area contributed by atoms with E-state index in [-0.39, 0.29) is 24.6 Å². The molecule has 1 aliphatic carbocycles. The Hall–Kier alpha value is -3.94. The summed E-state index contributed by atoms with van der Waals surface area (Å²) in [5.74, 6) is -0.713. The summed E-state index contributed by atoms with van der Waals surface area (Å²) < 4.78 is 24.5. The summed E-state index contributed by atoms with van der Waals surface area (Å²) in [7, 11) is -3.91. The molecule has 5 rings (SSSR count). The highest BCUT2D eigenvalue weighted by Gasteiger charge is 2.46. The molecule has 4 N–H and O–H groups in total. The number of aliphatic hydroxyl groups excluding tert-OH is 1. The van der Waals surface area contributed by atoms with Crippen LogP contribution >= 0.6 is 0 Å². The minimum absolute atomic E-state index is 0.00682. The Bertz CT molecular complexity index is 1850. The maximum Gasteiger partial charge on any atom is 0.270 e. The lowest BCUT2D eigenvalue weighted by Gasteiger charge is -2.47. The Labute approximate surface area is 307 Å². The van der Waals surface area contributed by atoms with Gasteiger partial charge in [0.1, 0.15) is 11.7 Å². The van der Waals surface area contributed by atoms with Gasteiger partial charge in [-0.3, -0.25) is 24.3 Å². The lowest BCUT2D eigenvalue weighted by atomic mass is 9.72. The summed E-state index contributed by atoms with van der Waals surface area (Å²) in [5, 5.41) is 21.4. The third-order valence-corrected chi connectivity index (χ3v) is 12.9. The van der Waals surface area contributed by atoms with Gasteiger partial charge in [0.2, 0.25) is 11.8 Å². The summed E-state index contributed by atoms with van der Waals surface area (Å²) in [4.78, 5) is 52.2. The topological polar surface area (TPSA) is 171 Å². The lowest BCUT2D eigenvalue weighted by molar-refractivity contribution is -0.133. The van der Waals surface area contributed by atoms with Gasteiger partial charge in [0.25, 0.3) is 5.91 Å². The number of piperidine rings is 1. The van der Waals surface area contributed by atoms with Crippen molar-refractivity contribution in [2.45, 2.75) is 108 Å². The molecule has 3 heterocycles. The normalized spacial score (nSPS) is 21.7. The van der Waals surface area contributed by atoms with Crippen molar-refractivity contribution in [1.29, 1.82) is 0 Å². The minimum atomic E-state index is -3.91. The van der Waals surface area contributed by atoms with Gasteiger partial charge in [0, 0.05) is 42.7 Å². The van der Waals surface area contributed by atoms with Gasteiger partial charge in [-0.15, -0.1) is 0 Å². The molecule has 2 aliphatic rings. The molecule has 3 amide bonds. The van der Waals surface area contributed by atoms with E-state index in [1.54, 1.807) is 24.5 Å². The van der Waals surface area contributed by atoms with Crippen LogP contribution in [0.2, 0.25) is 0 Å². The van der Waals surface area contributed by atoms with Gasteiger partial charge >= 0.3 is 0 Å². The van der Waals surface area contributed by atoms with Crippen LogP contribution in [-0.4, -0.2) is 100.0 Å². The zero-order valence-electron chi connectivity index (χ0n) is 31.1. The number of sulfone groups is 1. The van der Waals surface area contributed by atoms with Crippen molar-refractivity contribution in [3.05, 3.63) is 72.2 Å². The zero-order chi connectivity index (χ0) is 37.8. The fourth-order valence-electron chi connectivity index (χ4n) is 7.48. The molecule has 0 spiro atoms. The standard InChI is InChI=1S/C39H54N6O6S/c1-38(2,3)44-36(48)32-21-26-14-10-11-15-28(26)23-45(32)24-33(46)31(20-25-12-8-7-9-13-25)42-37(49)34(39(4,5)52(6,50)51)43-35(47)30-17-16-27-22-40-19-18-29(27)41-30/h7-9,12-13,16-19,22,26,28,31-34,46H,10-11,14-15,20-21,23-24H2,1-6H3,(H,42,49)(H,43,47)(H,44,48)/t26-,28+,31?,32?,33?,34+/m0/s1. The Morgan fingerprint density at radius 2 is 1.65 bits per heavy atom. The second kappa shape index (κ2) is 16.0. The van der Waals surface area contributed by atoms with Gasteiger partial charge in [0.15, 0.2) is 9.84 Å². The minimum Gasteiger partial charge on any atom is -0.390 e. The number of carbonyl (C=O) groups excluding carboxylic acids is 3. The Kier molecular flexibility index (Phi) is 12.1. The molecular formula is C39H54N6O6S. The number of amides is 3. The Morgan fingerprint density at radius 1 is 0.962 bits per heavy atom. The largest absolute Gasteiger partial charge is 0.390 e. The molecule has 2 fully saturated rings. The number of rotatable bonds is 12. The first-order chi connectivity index (χ1) is 24.4. The molecule has 12 nitrogen and oxygen atoms in total. The van der Waals surface area contributed by atoms with Crippen LogP contribution < -0.4 is 16.0 Å². The molecule has 52 heavy (non-hydrogen) atoms. The van der Waals surface area contributed by atoms with Gasteiger partial charge < -0.3 is 21.1 Å². The quantitative estimate of drug-likeness (QED) is 0.218. The third-order valence-electron chi connectivity index (χ3n) is 10.7. The van der Waals surface area contributed by atoms with Crippen LogP contribution in [0.4, 0.5) is 0 Å². The number of pyridine rings is 2. The van der Waals surface area contributed by atoms with Gasteiger partial charge in [-0.1, -0.05) is 49.6 Å². The smallest absolute Gasteiger partial charge is 0.270 e. The van der Waals surface area contributed by atoms with Crippen molar-refractivity contribution in [1.82, 2.24) is 30.8 Å². The van der Waals surface area contributed by atoms with Crippen molar-refractivity contribution in [3.8, 4) is 0 Å². The summed E-state index contributed by atoms with van der Waals surface area (Å²) in [6.07, 6.45) is 8.42. The molecular weight excluding hydrogens is 681 g/mol. The first-order valence-corrected chi connectivity index (χ1v) is 20.1. The van der Waals surface area contributed by atoms with E-state index < -0.39 is 56.2 Å². The van der Waals surface area contributed by atoms with E-state index in [0.29, 0.717) is 35.7 Å². The average Bonchev–Trinajstić information content (AvgIpc) is 3.08. The van der Waals surface area contributed by atoms with Crippen molar-refractivity contribution >= 4 is 38.5 Å². The summed E-state index contributed by atoms with van der Waals surface area (Å²) in [6.45, 7) is 9.40. The molecule has 282 valence electrons. The Balaban J connectivity index is 1.43. The number of aliphatic hydroxyl groups is 1. The molecule has 6 atom stereocenters. The van der Waals surface area contributed by atoms with E-state index in [1.165, 1.54) is 19.9 Å². The summed E-state index contributed by atoms with van der Waals surface area (Å²) >= 11 is 0. The van der Waals surface area contributed by atoms with Gasteiger partial charge in [-0.05, 0) is 89.5 Å². The van der Waals surface area contributed by atoms with Crippen LogP contribution in [-0.2, 0) is 25.8 Å². The van der Waals surface area contributed by atoms with Crippen LogP contribution in [0.1, 0.15) is 82.8 Å². The fourth-order valence-corrected chi connectivity index (χ4v) is 8.07. The maximum atomic E-state index is 14.3. The predicted octanol–water partition coefficient (Wildman–Crippen LogP) is 3.44. The van der Waals surface area contributed by atoms with Crippen molar-refractivity contribution in [2.75, 3.05) is 19.3 Å². The molecule has 0 bridgehead atoms. The number of fused-ring (bicyclic) bond motifs is 2. The maximum absolute atomic E-state index is 14.3. The molecule has 1 aromatic carbocycles. The number of carbonyl (C=O) groups is 3. The van der Waals surface area contributed by atoms with E-state index in [9.17, 15) is 27.9 Å². The number of nitrogens with one attached hydrogen (secondary N) is 3. The Morgan fingerprint density at radius 3 is 2.33 bits per heavy atom. The molecule has 1 aliphatic heterocycles. The van der Waals surface area contributed by atoms with E-state index in [0.717, 1.165) is 37.5 Å². The zero-order valence-corrected chi connectivity index (χ0v) is 31.9. The average molecular weight is 735 g/mol. The van der Waals surface area contributed by atoms with E-state index >= 15 is 0 Å². The second-order valence-corrected chi connectivity index (χ2v) is 18.8. The number of likely N-dealkylation sites (tertiary alicyclic amines) is 1. The monoisotopic (exact) mass is 734 g/mol. The SMILES string of the molecule is CC(C)(C)NC(=O)C1C[C@@H]2CCCC[C@@H]2CN1CC(O)C(Cc1ccccc1)NC(=O)[C@@H](NC(=O)c1ccc2cnccc2n1)C(C)(C)S(C)(=O)=O. The number of benzene rings is 1. The summed E-state index contributed by atoms with van der Waals surface area (Å²) in [6, 6.07) is 11.3. The highest BCUT2D eigenvalue weighted by Crippen LogP contribution is 2.39. The van der Waals surface area contributed by atoms with E-state index in [4.69, 9.17) is 0 Å². The molecule has 3 aromatic rings. The molecule has 13 heteroatoms. The highest BCUT2D eigenvalue weighted by molar-refractivity contribution is 7.92. The first-order valence-electron chi connectivity index (χ1n) is 18.2. The molecule has 2 aromatic heterocycles. The van der Waals surface area contributed by atoms with Crippen LogP contribution in [0.3, 0.4) is 0 Å². The molecule has 1 saturated carbocycles. The molecule has 1 saturated heterocycles. The number of β-amino-alcohol motifs (C(OH)–C–C–N with tert-alkyl or cyclic N) is 1. The van der Waals surface area contributed by atoms with Gasteiger partial charge in [-0.25, -0.2) is 13.4 Å². The fraction of sp³-hybridized carbons (Fsp3) is 0.564. The molecule has 0 radical (unpaired) electrons.